The SMILES string of the molecule is Cc1ccc(CC(=O)N2CCc3cc(B(O)O)cnc32)cc1.Clc1ccnc(Cl)n1. The Bertz CT molecular complexity index is 1020. The Balaban J connectivity index is 0.000000269. The maximum Gasteiger partial charge on any atom is 0.490 e. The zero-order chi connectivity index (χ0) is 21.7. The number of rotatable bonds is 3. The normalized spacial score (nSPS) is 12.1. The summed E-state index contributed by atoms with van der Waals surface area (Å²) in [4.78, 5) is 25.6. The first-order valence-corrected chi connectivity index (χ1v) is 9.94. The predicted octanol–water partition coefficient (Wildman–Crippen LogP) is 1.99. The van der Waals surface area contributed by atoms with Crippen LogP contribution in [0.15, 0.2) is 48.8 Å². The van der Waals surface area contributed by atoms with Crippen LogP contribution in [0.3, 0.4) is 0 Å². The third kappa shape index (κ3) is 5.76. The fraction of sp³-hybridized carbons (Fsp3) is 0.200. The topological polar surface area (TPSA) is 99.4 Å². The van der Waals surface area contributed by atoms with Gasteiger partial charge in [-0.25, -0.2) is 15.0 Å². The largest absolute Gasteiger partial charge is 0.490 e. The first-order chi connectivity index (χ1) is 14.3. The van der Waals surface area contributed by atoms with Crippen molar-refractivity contribution in [3.63, 3.8) is 0 Å². The van der Waals surface area contributed by atoms with Gasteiger partial charge in [0.05, 0.1) is 6.42 Å². The highest BCUT2D eigenvalue weighted by atomic mass is 35.5. The molecule has 30 heavy (non-hydrogen) atoms. The van der Waals surface area contributed by atoms with Crippen LogP contribution in [0.1, 0.15) is 16.7 Å². The van der Waals surface area contributed by atoms with Gasteiger partial charge in [-0.1, -0.05) is 47.5 Å². The molecule has 0 saturated carbocycles. The highest BCUT2D eigenvalue weighted by Gasteiger charge is 2.27. The van der Waals surface area contributed by atoms with Crippen molar-refractivity contribution in [1.82, 2.24) is 15.0 Å². The molecule has 154 valence electrons. The van der Waals surface area contributed by atoms with E-state index in [1.807, 2.05) is 31.2 Å². The molecule has 1 aromatic carbocycles. The summed E-state index contributed by atoms with van der Waals surface area (Å²) in [6.45, 7) is 2.59. The number of benzene rings is 1. The number of amides is 1. The summed E-state index contributed by atoms with van der Waals surface area (Å²) in [6, 6.07) is 11.2. The van der Waals surface area contributed by atoms with E-state index < -0.39 is 7.12 Å². The quantitative estimate of drug-likeness (QED) is 0.364. The summed E-state index contributed by atoms with van der Waals surface area (Å²) in [7, 11) is -1.53. The van der Waals surface area contributed by atoms with E-state index in [9.17, 15) is 14.8 Å². The number of fused-ring (bicyclic) bond motifs is 1. The number of carbonyl (C=O) groups is 1. The molecule has 0 unspecified atom stereocenters. The van der Waals surface area contributed by atoms with Crippen LogP contribution < -0.4 is 10.4 Å². The number of hydrogen-bond donors (Lipinski definition) is 2. The third-order valence-electron chi connectivity index (χ3n) is 4.49. The number of pyridine rings is 1. The van der Waals surface area contributed by atoms with E-state index in [4.69, 9.17) is 23.2 Å². The molecule has 2 aromatic heterocycles. The van der Waals surface area contributed by atoms with E-state index in [1.54, 1.807) is 17.0 Å². The van der Waals surface area contributed by atoms with Crippen molar-refractivity contribution in [3.8, 4) is 0 Å². The van der Waals surface area contributed by atoms with E-state index in [2.05, 4.69) is 15.0 Å². The van der Waals surface area contributed by atoms with Gasteiger partial charge in [-0.3, -0.25) is 9.69 Å². The third-order valence-corrected chi connectivity index (χ3v) is 4.88. The zero-order valence-corrected chi connectivity index (χ0v) is 17.7. The Hall–Kier alpha value is -2.52. The van der Waals surface area contributed by atoms with Gasteiger partial charge in [0.2, 0.25) is 11.2 Å². The fourth-order valence-electron chi connectivity index (χ4n) is 2.96. The van der Waals surface area contributed by atoms with Crippen LogP contribution in [0.2, 0.25) is 10.4 Å². The van der Waals surface area contributed by atoms with Crippen molar-refractivity contribution in [2.24, 2.45) is 0 Å². The van der Waals surface area contributed by atoms with Crippen LogP contribution in [0, 0.1) is 6.92 Å². The fourth-order valence-corrected chi connectivity index (χ4v) is 3.29. The first-order valence-electron chi connectivity index (χ1n) is 9.18. The number of aromatic nitrogens is 3. The molecule has 1 amide bonds. The van der Waals surface area contributed by atoms with Crippen molar-refractivity contribution in [1.29, 1.82) is 0 Å². The maximum absolute atomic E-state index is 12.5. The highest BCUT2D eigenvalue weighted by molar-refractivity contribution is 6.58. The predicted molar refractivity (Wildman–Crippen MR) is 117 cm³/mol. The summed E-state index contributed by atoms with van der Waals surface area (Å²) in [6.07, 6.45) is 3.92. The molecule has 0 fully saturated rings. The van der Waals surface area contributed by atoms with Crippen LogP contribution in [-0.2, 0) is 17.6 Å². The zero-order valence-electron chi connectivity index (χ0n) is 16.2. The summed E-state index contributed by atoms with van der Waals surface area (Å²) in [5.74, 6) is 0.633. The summed E-state index contributed by atoms with van der Waals surface area (Å²) >= 11 is 10.7. The molecular formula is C20H19BCl2N4O3. The average Bonchev–Trinajstić information content (AvgIpc) is 3.13. The molecule has 0 bridgehead atoms. The van der Waals surface area contributed by atoms with Gasteiger partial charge in [-0.15, -0.1) is 0 Å². The molecule has 0 atom stereocenters. The second-order valence-electron chi connectivity index (χ2n) is 6.73. The molecule has 4 rings (SSSR count). The summed E-state index contributed by atoms with van der Waals surface area (Å²) < 4.78 is 0. The number of aryl methyl sites for hydroxylation is 1. The number of hydrogen-bond acceptors (Lipinski definition) is 6. The van der Waals surface area contributed by atoms with Gasteiger partial charge in [-0.2, -0.15) is 0 Å². The van der Waals surface area contributed by atoms with Crippen LogP contribution in [0.5, 0.6) is 0 Å². The highest BCUT2D eigenvalue weighted by Crippen LogP contribution is 2.25. The standard InChI is InChI=1S/C16H17BN2O3.C4H2Cl2N2/c1-11-2-4-12(5-3-11)8-15(20)19-7-6-13-9-14(17(21)22)10-18-16(13)19;5-3-1-2-7-4(6)8-3/h2-5,9-10,21-22H,6-8H2,1H3;1-2H. The van der Waals surface area contributed by atoms with Gasteiger partial charge < -0.3 is 10.0 Å². The van der Waals surface area contributed by atoms with Crippen molar-refractivity contribution in [2.45, 2.75) is 19.8 Å². The molecule has 0 saturated heterocycles. The summed E-state index contributed by atoms with van der Waals surface area (Å²) in [5, 5.41) is 18.9. The van der Waals surface area contributed by atoms with Crippen molar-refractivity contribution < 1.29 is 14.8 Å². The Kier molecular flexibility index (Phi) is 7.39. The molecule has 1 aliphatic heterocycles. The van der Waals surface area contributed by atoms with Gasteiger partial charge in [-0.05, 0) is 42.1 Å². The lowest BCUT2D eigenvalue weighted by molar-refractivity contribution is -0.117. The minimum atomic E-state index is -1.53. The maximum atomic E-state index is 12.5. The van der Waals surface area contributed by atoms with Gasteiger partial charge in [0, 0.05) is 24.4 Å². The monoisotopic (exact) mass is 444 g/mol. The number of anilines is 1. The molecule has 0 radical (unpaired) electrons. The Morgan fingerprint density at radius 1 is 1.17 bits per heavy atom. The van der Waals surface area contributed by atoms with Gasteiger partial charge in [0.1, 0.15) is 11.0 Å². The van der Waals surface area contributed by atoms with Crippen molar-refractivity contribution in [2.75, 3.05) is 11.4 Å². The minimum absolute atomic E-state index is 0.00685. The lowest BCUT2D eigenvalue weighted by Gasteiger charge is -2.16. The van der Waals surface area contributed by atoms with E-state index >= 15 is 0 Å². The van der Waals surface area contributed by atoms with Crippen molar-refractivity contribution in [3.05, 3.63) is 75.9 Å². The molecule has 0 spiro atoms. The molecule has 3 heterocycles. The van der Waals surface area contributed by atoms with E-state index in [0.717, 1.165) is 11.1 Å². The molecule has 7 nitrogen and oxygen atoms in total. The molecule has 10 heteroatoms. The van der Waals surface area contributed by atoms with Crippen LogP contribution in [0.4, 0.5) is 5.82 Å². The van der Waals surface area contributed by atoms with Gasteiger partial charge in [0.15, 0.2) is 0 Å². The Morgan fingerprint density at radius 2 is 1.90 bits per heavy atom. The van der Waals surface area contributed by atoms with E-state index in [-0.39, 0.29) is 11.2 Å². The first kappa shape index (κ1) is 22.2. The minimum Gasteiger partial charge on any atom is -0.423 e. The number of halogens is 2. The van der Waals surface area contributed by atoms with Gasteiger partial charge in [0.25, 0.3) is 0 Å². The smallest absolute Gasteiger partial charge is 0.423 e. The molecule has 1 aliphatic rings. The lowest BCUT2D eigenvalue weighted by atomic mass is 9.81. The summed E-state index contributed by atoms with van der Waals surface area (Å²) in [5.41, 5.74) is 3.38. The van der Waals surface area contributed by atoms with Crippen LogP contribution in [0.25, 0.3) is 0 Å². The van der Waals surface area contributed by atoms with Crippen molar-refractivity contribution >= 4 is 47.5 Å². The van der Waals surface area contributed by atoms with Crippen LogP contribution >= 0.6 is 23.2 Å². The second-order valence-corrected chi connectivity index (χ2v) is 7.46. The Morgan fingerprint density at radius 3 is 2.50 bits per heavy atom. The number of carbonyl (C=O) groups excluding carboxylic acids is 1. The van der Waals surface area contributed by atoms with E-state index in [1.165, 1.54) is 18.0 Å². The van der Waals surface area contributed by atoms with Crippen LogP contribution in [-0.4, -0.2) is 44.6 Å². The number of nitrogens with zero attached hydrogens (tertiary/aromatic N) is 4. The molecule has 0 aliphatic carbocycles. The molecule has 2 N–H and O–H groups in total. The second kappa shape index (κ2) is 10.00. The molecule has 3 aromatic rings. The molecular weight excluding hydrogens is 426 g/mol. The average molecular weight is 445 g/mol. The van der Waals surface area contributed by atoms with Gasteiger partial charge >= 0.3 is 7.12 Å². The lowest BCUT2D eigenvalue weighted by Crippen LogP contribution is -2.32. The Labute approximate surface area is 184 Å². The van der Waals surface area contributed by atoms with E-state index in [0.29, 0.717) is 35.8 Å².